The number of nitrogens with one attached hydrogen (secondary N) is 1. The van der Waals surface area contributed by atoms with Crippen LogP contribution in [0.25, 0.3) is 0 Å². The van der Waals surface area contributed by atoms with E-state index in [2.05, 4.69) is 5.32 Å². The number of hydrogen-bond donors (Lipinski definition) is 1. The zero-order valence-corrected chi connectivity index (χ0v) is 14.8. The first-order valence-electron chi connectivity index (χ1n) is 8.82. The molecule has 3 aromatic carbocycles. The van der Waals surface area contributed by atoms with Crippen LogP contribution < -0.4 is 5.32 Å². The van der Waals surface area contributed by atoms with Gasteiger partial charge in [0, 0.05) is 22.3 Å². The minimum absolute atomic E-state index is 0.203. The predicted octanol–water partition coefficient (Wildman–Crippen LogP) is 4.28. The van der Waals surface area contributed by atoms with Crippen LogP contribution in [0.15, 0.2) is 66.7 Å². The molecule has 27 heavy (non-hydrogen) atoms. The SMILES string of the molecule is CCc1ccccc1C(=O)Nc1cccc2c1C(=O)c1ccccc1C2=O. The number of amides is 1. The van der Waals surface area contributed by atoms with Gasteiger partial charge < -0.3 is 5.32 Å². The van der Waals surface area contributed by atoms with Crippen LogP contribution in [-0.4, -0.2) is 17.5 Å². The van der Waals surface area contributed by atoms with Gasteiger partial charge in [0.2, 0.25) is 0 Å². The molecule has 132 valence electrons. The molecular weight excluding hydrogens is 338 g/mol. The van der Waals surface area contributed by atoms with Crippen molar-refractivity contribution in [2.24, 2.45) is 0 Å². The molecule has 0 fully saturated rings. The van der Waals surface area contributed by atoms with E-state index in [-0.39, 0.29) is 23.0 Å². The number of benzene rings is 3. The Kier molecular flexibility index (Phi) is 4.16. The Balaban J connectivity index is 1.78. The number of carbonyl (C=O) groups excluding carboxylic acids is 3. The quantitative estimate of drug-likeness (QED) is 0.597. The zero-order valence-electron chi connectivity index (χ0n) is 14.8. The average molecular weight is 355 g/mol. The van der Waals surface area contributed by atoms with Crippen LogP contribution in [-0.2, 0) is 6.42 Å². The number of ketones is 2. The molecular formula is C23H17NO3. The van der Waals surface area contributed by atoms with Gasteiger partial charge >= 0.3 is 0 Å². The summed E-state index contributed by atoms with van der Waals surface area (Å²) in [4.78, 5) is 38.6. The molecule has 0 unspecified atom stereocenters. The molecule has 0 aromatic heterocycles. The van der Waals surface area contributed by atoms with E-state index in [4.69, 9.17) is 0 Å². The summed E-state index contributed by atoms with van der Waals surface area (Å²) in [5.74, 6) is -0.745. The lowest BCUT2D eigenvalue weighted by Gasteiger charge is -2.20. The molecule has 0 bridgehead atoms. The van der Waals surface area contributed by atoms with Crippen molar-refractivity contribution < 1.29 is 14.4 Å². The van der Waals surface area contributed by atoms with E-state index in [0.717, 1.165) is 12.0 Å². The Bertz CT molecular complexity index is 1100. The summed E-state index contributed by atoms with van der Waals surface area (Å²) in [5.41, 5.74) is 3.18. The molecule has 1 amide bonds. The second-order valence-electron chi connectivity index (χ2n) is 6.40. The molecule has 0 radical (unpaired) electrons. The first kappa shape index (κ1) is 16.9. The Morgan fingerprint density at radius 3 is 2.15 bits per heavy atom. The van der Waals surface area contributed by atoms with Crippen molar-refractivity contribution in [1.29, 1.82) is 0 Å². The van der Waals surface area contributed by atoms with Gasteiger partial charge in [0.25, 0.3) is 5.91 Å². The van der Waals surface area contributed by atoms with E-state index in [0.29, 0.717) is 27.9 Å². The highest BCUT2D eigenvalue weighted by atomic mass is 16.2. The fourth-order valence-corrected chi connectivity index (χ4v) is 3.49. The monoisotopic (exact) mass is 355 g/mol. The Labute approximate surface area is 156 Å². The van der Waals surface area contributed by atoms with E-state index in [9.17, 15) is 14.4 Å². The first-order valence-corrected chi connectivity index (χ1v) is 8.82. The van der Waals surface area contributed by atoms with Crippen LogP contribution in [0.1, 0.15) is 54.7 Å². The Hall–Kier alpha value is -3.53. The minimum atomic E-state index is -0.292. The van der Waals surface area contributed by atoms with Crippen molar-refractivity contribution in [1.82, 2.24) is 0 Å². The summed E-state index contributed by atoms with van der Waals surface area (Å²) in [6.07, 6.45) is 0.723. The standard InChI is InChI=1S/C23H17NO3/c1-2-14-8-3-4-9-15(14)23(27)24-19-13-7-12-18-20(19)22(26)17-11-6-5-10-16(17)21(18)25/h3-13H,2H2,1H3,(H,24,27). The van der Waals surface area contributed by atoms with E-state index in [1.165, 1.54) is 0 Å². The first-order chi connectivity index (χ1) is 13.1. The van der Waals surface area contributed by atoms with Gasteiger partial charge in [-0.1, -0.05) is 61.5 Å². The summed E-state index contributed by atoms with van der Waals surface area (Å²) in [5, 5.41) is 2.83. The van der Waals surface area contributed by atoms with Crippen LogP contribution in [0.3, 0.4) is 0 Å². The Morgan fingerprint density at radius 2 is 1.41 bits per heavy atom. The molecule has 4 heteroatoms. The highest BCUT2D eigenvalue weighted by Gasteiger charge is 2.31. The van der Waals surface area contributed by atoms with Crippen LogP contribution in [0.4, 0.5) is 5.69 Å². The van der Waals surface area contributed by atoms with Crippen LogP contribution >= 0.6 is 0 Å². The Morgan fingerprint density at radius 1 is 0.778 bits per heavy atom. The summed E-state index contributed by atoms with van der Waals surface area (Å²) in [7, 11) is 0. The molecule has 0 saturated carbocycles. The molecule has 0 spiro atoms. The van der Waals surface area contributed by atoms with Gasteiger partial charge in [-0.25, -0.2) is 0 Å². The van der Waals surface area contributed by atoms with Crippen molar-refractivity contribution in [2.45, 2.75) is 13.3 Å². The fraction of sp³-hybridized carbons (Fsp3) is 0.0870. The van der Waals surface area contributed by atoms with Gasteiger partial charge in [0.15, 0.2) is 11.6 Å². The summed E-state index contributed by atoms with van der Waals surface area (Å²) < 4.78 is 0. The predicted molar refractivity (Wildman–Crippen MR) is 104 cm³/mol. The minimum Gasteiger partial charge on any atom is -0.321 e. The van der Waals surface area contributed by atoms with E-state index >= 15 is 0 Å². The maximum atomic E-state index is 13.0. The molecule has 0 heterocycles. The van der Waals surface area contributed by atoms with Crippen molar-refractivity contribution in [3.05, 3.63) is 100 Å². The molecule has 0 saturated heterocycles. The number of aryl methyl sites for hydroxylation is 1. The van der Waals surface area contributed by atoms with E-state index in [1.54, 1.807) is 54.6 Å². The van der Waals surface area contributed by atoms with Crippen molar-refractivity contribution >= 4 is 23.2 Å². The van der Waals surface area contributed by atoms with Crippen LogP contribution in [0.5, 0.6) is 0 Å². The second-order valence-corrected chi connectivity index (χ2v) is 6.40. The maximum absolute atomic E-state index is 13.0. The normalized spacial score (nSPS) is 12.3. The molecule has 1 aliphatic carbocycles. The number of anilines is 1. The molecule has 1 N–H and O–H groups in total. The van der Waals surface area contributed by atoms with Crippen molar-refractivity contribution in [3.63, 3.8) is 0 Å². The number of rotatable bonds is 3. The van der Waals surface area contributed by atoms with Gasteiger partial charge in [-0.05, 0) is 24.1 Å². The number of fused-ring (bicyclic) bond motifs is 2. The van der Waals surface area contributed by atoms with Crippen LogP contribution in [0, 0.1) is 0 Å². The van der Waals surface area contributed by atoms with E-state index < -0.39 is 0 Å². The largest absolute Gasteiger partial charge is 0.321 e. The second kappa shape index (κ2) is 6.65. The average Bonchev–Trinajstić information content (AvgIpc) is 2.71. The molecule has 4 nitrogen and oxygen atoms in total. The lowest BCUT2D eigenvalue weighted by molar-refractivity contribution is 0.0978. The summed E-state index contributed by atoms with van der Waals surface area (Å²) >= 11 is 0. The third-order valence-electron chi connectivity index (χ3n) is 4.84. The number of hydrogen-bond acceptors (Lipinski definition) is 3. The number of carbonyl (C=O) groups is 3. The highest BCUT2D eigenvalue weighted by molar-refractivity contribution is 6.30. The molecule has 3 aromatic rings. The highest BCUT2D eigenvalue weighted by Crippen LogP contribution is 2.32. The van der Waals surface area contributed by atoms with Gasteiger partial charge in [-0.3, -0.25) is 14.4 Å². The molecule has 0 aliphatic heterocycles. The maximum Gasteiger partial charge on any atom is 0.255 e. The zero-order chi connectivity index (χ0) is 19.0. The van der Waals surface area contributed by atoms with Gasteiger partial charge in [-0.15, -0.1) is 0 Å². The lowest BCUT2D eigenvalue weighted by Crippen LogP contribution is -2.24. The van der Waals surface area contributed by atoms with Crippen molar-refractivity contribution in [3.8, 4) is 0 Å². The summed E-state index contributed by atoms with van der Waals surface area (Å²) in [6, 6.07) is 19.1. The molecule has 1 aliphatic rings. The van der Waals surface area contributed by atoms with Gasteiger partial charge in [-0.2, -0.15) is 0 Å². The third-order valence-corrected chi connectivity index (χ3v) is 4.84. The van der Waals surface area contributed by atoms with Gasteiger partial charge in [0.1, 0.15) is 0 Å². The fourth-order valence-electron chi connectivity index (χ4n) is 3.49. The topological polar surface area (TPSA) is 63.2 Å². The van der Waals surface area contributed by atoms with Crippen LogP contribution in [0.2, 0.25) is 0 Å². The lowest BCUT2D eigenvalue weighted by atomic mass is 9.83. The van der Waals surface area contributed by atoms with Gasteiger partial charge in [0.05, 0.1) is 11.3 Å². The molecule has 4 rings (SSSR count). The smallest absolute Gasteiger partial charge is 0.255 e. The third kappa shape index (κ3) is 2.75. The van der Waals surface area contributed by atoms with E-state index in [1.807, 2.05) is 19.1 Å². The van der Waals surface area contributed by atoms with Crippen molar-refractivity contribution in [2.75, 3.05) is 5.32 Å². The molecule has 0 atom stereocenters. The summed E-state index contributed by atoms with van der Waals surface area (Å²) in [6.45, 7) is 1.98.